The Morgan fingerprint density at radius 2 is 2.06 bits per heavy atom. The van der Waals surface area contributed by atoms with Crippen LogP contribution in [0.25, 0.3) is 0 Å². The van der Waals surface area contributed by atoms with E-state index in [1.807, 2.05) is 0 Å². The van der Waals surface area contributed by atoms with Crippen molar-refractivity contribution < 1.29 is 4.79 Å². The topological polar surface area (TPSA) is 54.4 Å². The Bertz CT molecular complexity index is 444. The molecule has 0 unspecified atom stereocenters. The van der Waals surface area contributed by atoms with E-state index in [-0.39, 0.29) is 16.2 Å². The molecule has 4 nitrogen and oxygen atoms in total. The Hall–Kier alpha value is -0.780. The van der Waals surface area contributed by atoms with Gasteiger partial charge in [0, 0.05) is 11.3 Å². The summed E-state index contributed by atoms with van der Waals surface area (Å²) in [4.78, 5) is 19.6. The first-order valence-electron chi connectivity index (χ1n) is 4.47. The minimum absolute atomic E-state index is 0.193. The Kier molecular flexibility index (Phi) is 3.68. The predicted octanol–water partition coefficient (Wildman–Crippen LogP) is 2.22. The van der Waals surface area contributed by atoms with Gasteiger partial charge >= 0.3 is 0 Å². The van der Waals surface area contributed by atoms with Crippen LogP contribution in [0.2, 0.25) is 10.3 Å². The highest BCUT2D eigenvalue weighted by Gasteiger charge is 2.13. The fourth-order valence-electron chi connectivity index (χ4n) is 1.18. The molecule has 0 aromatic carbocycles. The molecule has 1 aromatic rings. The number of halogens is 2. The molecule has 2 heterocycles. The summed E-state index contributed by atoms with van der Waals surface area (Å²) < 4.78 is 0. The van der Waals surface area contributed by atoms with Crippen LogP contribution in [0.5, 0.6) is 0 Å². The smallest absolute Gasteiger partial charge is 0.257 e. The number of carbonyl (C=O) groups is 1. The zero-order valence-electron chi connectivity index (χ0n) is 8.04. The standard InChI is InChI=1S/C9H7Cl2N3OS/c10-6-3-5(4-7(11)13-6)8(15)14-9-12-1-2-16-9/h3-4H,1-2H2,(H,12,14,15). The van der Waals surface area contributed by atoms with E-state index in [1.165, 1.54) is 23.9 Å². The van der Waals surface area contributed by atoms with E-state index in [2.05, 4.69) is 15.3 Å². The first-order chi connectivity index (χ1) is 7.65. The second-order valence-corrected chi connectivity index (χ2v) is 4.85. The Morgan fingerprint density at radius 3 is 2.62 bits per heavy atom. The van der Waals surface area contributed by atoms with E-state index in [0.717, 1.165) is 12.3 Å². The van der Waals surface area contributed by atoms with Crippen molar-refractivity contribution in [3.63, 3.8) is 0 Å². The van der Waals surface area contributed by atoms with Crippen molar-refractivity contribution in [2.75, 3.05) is 12.3 Å². The summed E-state index contributed by atoms with van der Waals surface area (Å²) >= 11 is 12.9. The zero-order chi connectivity index (χ0) is 11.5. The molecular weight excluding hydrogens is 269 g/mol. The van der Waals surface area contributed by atoms with Gasteiger partial charge in [0.05, 0.1) is 6.54 Å². The van der Waals surface area contributed by atoms with Gasteiger partial charge in [-0.1, -0.05) is 35.0 Å². The second-order valence-electron chi connectivity index (χ2n) is 2.99. The molecule has 2 rings (SSSR count). The highest BCUT2D eigenvalue weighted by Crippen LogP contribution is 2.15. The molecule has 1 amide bonds. The molecule has 16 heavy (non-hydrogen) atoms. The van der Waals surface area contributed by atoms with Crippen LogP contribution in [0.4, 0.5) is 0 Å². The van der Waals surface area contributed by atoms with Crippen molar-refractivity contribution >= 4 is 46.0 Å². The maximum absolute atomic E-state index is 11.8. The number of hydrogen-bond acceptors (Lipinski definition) is 4. The normalized spacial score (nSPS) is 14.8. The number of amidine groups is 1. The summed E-state index contributed by atoms with van der Waals surface area (Å²) in [7, 11) is 0. The maximum Gasteiger partial charge on any atom is 0.257 e. The summed E-state index contributed by atoms with van der Waals surface area (Å²) in [5.41, 5.74) is 0.375. The van der Waals surface area contributed by atoms with Crippen molar-refractivity contribution in [3.05, 3.63) is 28.0 Å². The van der Waals surface area contributed by atoms with Crippen molar-refractivity contribution in [2.45, 2.75) is 0 Å². The molecule has 84 valence electrons. The quantitative estimate of drug-likeness (QED) is 0.800. The van der Waals surface area contributed by atoms with Gasteiger partial charge in [0.15, 0.2) is 5.17 Å². The average Bonchev–Trinajstić information content (AvgIpc) is 2.68. The SMILES string of the molecule is O=C(NC1=NCCS1)c1cc(Cl)nc(Cl)c1. The minimum atomic E-state index is -0.278. The number of aliphatic imine (C=N–C) groups is 1. The van der Waals surface area contributed by atoms with Gasteiger partial charge in [0.2, 0.25) is 0 Å². The summed E-state index contributed by atoms with van der Waals surface area (Å²) in [5.74, 6) is 0.618. The van der Waals surface area contributed by atoms with Gasteiger partial charge < -0.3 is 5.32 Å². The molecule has 1 aliphatic heterocycles. The van der Waals surface area contributed by atoms with E-state index in [0.29, 0.717) is 10.7 Å². The fraction of sp³-hybridized carbons (Fsp3) is 0.222. The van der Waals surface area contributed by atoms with E-state index in [1.54, 1.807) is 0 Å². The third-order valence-corrected chi connectivity index (χ3v) is 3.11. The first-order valence-corrected chi connectivity index (χ1v) is 6.21. The number of nitrogens with one attached hydrogen (secondary N) is 1. The van der Waals surface area contributed by atoms with Gasteiger partial charge in [0.1, 0.15) is 10.3 Å². The lowest BCUT2D eigenvalue weighted by atomic mass is 10.2. The third kappa shape index (κ3) is 2.87. The Morgan fingerprint density at radius 1 is 1.38 bits per heavy atom. The molecule has 0 bridgehead atoms. The number of thioether (sulfide) groups is 1. The van der Waals surface area contributed by atoms with Crippen LogP contribution >= 0.6 is 35.0 Å². The summed E-state index contributed by atoms with van der Waals surface area (Å²) in [6.07, 6.45) is 0. The van der Waals surface area contributed by atoms with Crippen molar-refractivity contribution in [3.8, 4) is 0 Å². The summed E-state index contributed by atoms with van der Waals surface area (Å²) in [5, 5.41) is 3.70. The lowest BCUT2D eigenvalue weighted by Crippen LogP contribution is -2.27. The third-order valence-electron chi connectivity index (χ3n) is 1.83. The number of amides is 1. The largest absolute Gasteiger partial charge is 0.301 e. The molecule has 0 spiro atoms. The van der Waals surface area contributed by atoms with Crippen molar-refractivity contribution in [1.29, 1.82) is 0 Å². The van der Waals surface area contributed by atoms with Crippen molar-refractivity contribution in [2.24, 2.45) is 4.99 Å². The van der Waals surface area contributed by atoms with Crippen LogP contribution in [0, 0.1) is 0 Å². The molecule has 0 saturated heterocycles. The van der Waals surface area contributed by atoms with Gasteiger partial charge in [-0.05, 0) is 12.1 Å². The number of carbonyl (C=O) groups excluding carboxylic acids is 1. The molecule has 0 aliphatic carbocycles. The molecule has 0 saturated carbocycles. The molecule has 1 aliphatic rings. The maximum atomic E-state index is 11.8. The van der Waals surface area contributed by atoms with E-state index in [4.69, 9.17) is 23.2 Å². The van der Waals surface area contributed by atoms with Crippen molar-refractivity contribution in [1.82, 2.24) is 10.3 Å². The number of rotatable bonds is 1. The summed E-state index contributed by atoms with van der Waals surface area (Å²) in [6.45, 7) is 0.734. The average molecular weight is 276 g/mol. The van der Waals surface area contributed by atoms with Crippen LogP contribution in [0.15, 0.2) is 17.1 Å². The van der Waals surface area contributed by atoms with Gasteiger partial charge in [-0.25, -0.2) is 4.98 Å². The van der Waals surface area contributed by atoms with Crippen LogP contribution in [0.3, 0.4) is 0 Å². The van der Waals surface area contributed by atoms with Gasteiger partial charge in [-0.15, -0.1) is 0 Å². The molecule has 1 N–H and O–H groups in total. The number of aromatic nitrogens is 1. The van der Waals surface area contributed by atoms with Gasteiger partial charge in [-0.3, -0.25) is 9.79 Å². The molecular formula is C9H7Cl2N3OS. The highest BCUT2D eigenvalue weighted by atomic mass is 35.5. The molecule has 1 aromatic heterocycles. The zero-order valence-corrected chi connectivity index (χ0v) is 10.4. The Labute approximate surface area is 106 Å². The molecule has 0 fully saturated rings. The van der Waals surface area contributed by atoms with Crippen LogP contribution in [-0.2, 0) is 0 Å². The Balaban J connectivity index is 2.14. The van der Waals surface area contributed by atoms with E-state index < -0.39 is 0 Å². The number of nitrogens with zero attached hydrogens (tertiary/aromatic N) is 2. The number of hydrogen-bond donors (Lipinski definition) is 1. The minimum Gasteiger partial charge on any atom is -0.301 e. The highest BCUT2D eigenvalue weighted by molar-refractivity contribution is 8.14. The van der Waals surface area contributed by atoms with E-state index in [9.17, 15) is 4.79 Å². The fourth-order valence-corrected chi connectivity index (χ4v) is 2.36. The second kappa shape index (κ2) is 5.03. The molecule has 7 heteroatoms. The predicted molar refractivity (Wildman–Crippen MR) is 66.5 cm³/mol. The van der Waals surface area contributed by atoms with Gasteiger partial charge in [-0.2, -0.15) is 0 Å². The van der Waals surface area contributed by atoms with Crippen LogP contribution in [0.1, 0.15) is 10.4 Å². The van der Waals surface area contributed by atoms with Crippen LogP contribution in [-0.4, -0.2) is 28.4 Å². The lowest BCUT2D eigenvalue weighted by molar-refractivity contribution is 0.0978. The number of pyridine rings is 1. The van der Waals surface area contributed by atoms with Gasteiger partial charge in [0.25, 0.3) is 5.91 Å². The first kappa shape index (κ1) is 11.7. The lowest BCUT2D eigenvalue weighted by Gasteiger charge is -2.04. The van der Waals surface area contributed by atoms with E-state index >= 15 is 0 Å². The van der Waals surface area contributed by atoms with Crippen LogP contribution < -0.4 is 5.32 Å². The monoisotopic (exact) mass is 275 g/mol. The molecule has 0 atom stereocenters. The molecule has 0 radical (unpaired) electrons. The summed E-state index contributed by atoms with van der Waals surface area (Å²) in [6, 6.07) is 2.92.